The maximum Gasteiger partial charge on any atom is 0.260 e. The van der Waals surface area contributed by atoms with E-state index in [9.17, 15) is 9.90 Å². The molecule has 2 aromatic heterocycles. The number of H-pyrrole nitrogens is 1. The Hall–Kier alpha value is -2.01. The van der Waals surface area contributed by atoms with Gasteiger partial charge in [0.05, 0.1) is 6.10 Å². The van der Waals surface area contributed by atoms with Crippen LogP contribution >= 0.6 is 0 Å². The fourth-order valence-electron chi connectivity index (χ4n) is 2.07. The van der Waals surface area contributed by atoms with Gasteiger partial charge in [-0.2, -0.15) is 4.57 Å². The Labute approximate surface area is 111 Å². The maximum absolute atomic E-state index is 11.8. The van der Waals surface area contributed by atoms with E-state index in [4.69, 9.17) is 0 Å². The number of aromatic amines is 1. The van der Waals surface area contributed by atoms with E-state index in [1.165, 1.54) is 0 Å². The predicted molar refractivity (Wildman–Crippen MR) is 70.7 cm³/mol. The van der Waals surface area contributed by atoms with Gasteiger partial charge in [0.2, 0.25) is 0 Å². The highest BCUT2D eigenvalue weighted by atomic mass is 16.3. The van der Waals surface area contributed by atoms with E-state index in [1.807, 2.05) is 29.8 Å². The lowest BCUT2D eigenvalue weighted by Crippen LogP contribution is -2.40. The predicted octanol–water partition coefficient (Wildman–Crippen LogP) is 0.776. The second-order valence-electron chi connectivity index (χ2n) is 4.68. The Bertz CT molecular complexity index is 647. The molecule has 0 radical (unpaired) electrons. The number of aryl methyl sites for hydroxylation is 1. The number of nitrogens with zero attached hydrogens (tertiary/aromatic N) is 2. The number of rotatable bonds is 3. The summed E-state index contributed by atoms with van der Waals surface area (Å²) in [5, 5.41) is 9.69. The average molecular weight is 260 g/mol. The van der Waals surface area contributed by atoms with Gasteiger partial charge in [0.1, 0.15) is 11.4 Å². The van der Waals surface area contributed by atoms with Crippen molar-refractivity contribution in [1.82, 2.24) is 9.97 Å². The molecule has 0 fully saturated rings. The number of nitrogens with one attached hydrogen (secondary N) is 1. The summed E-state index contributed by atoms with van der Waals surface area (Å²) in [6.07, 6.45) is 2.96. The first-order valence-electron chi connectivity index (χ1n) is 6.21. The molecule has 0 aliphatic carbocycles. The third kappa shape index (κ3) is 2.88. The van der Waals surface area contributed by atoms with Crippen LogP contribution in [0, 0.1) is 13.8 Å². The van der Waals surface area contributed by atoms with Crippen LogP contribution in [0.5, 0.6) is 0 Å². The second kappa shape index (κ2) is 5.32. The molecule has 0 saturated carbocycles. The van der Waals surface area contributed by atoms with Crippen LogP contribution < -0.4 is 10.1 Å². The van der Waals surface area contributed by atoms with Crippen molar-refractivity contribution in [1.29, 1.82) is 0 Å². The molecule has 5 heteroatoms. The Morgan fingerprint density at radius 2 is 2.21 bits per heavy atom. The van der Waals surface area contributed by atoms with Crippen molar-refractivity contribution in [3.63, 3.8) is 0 Å². The molecule has 1 unspecified atom stereocenters. The van der Waals surface area contributed by atoms with Crippen LogP contribution in [0.15, 0.2) is 29.3 Å². The molecule has 0 bridgehead atoms. The number of aliphatic hydroxyl groups excluding tert-OH is 1. The van der Waals surface area contributed by atoms with Crippen molar-refractivity contribution in [2.24, 2.45) is 0 Å². The van der Waals surface area contributed by atoms with Crippen LogP contribution in [0.3, 0.4) is 0 Å². The molecule has 0 aliphatic heterocycles. The van der Waals surface area contributed by atoms with Crippen LogP contribution in [0.25, 0.3) is 0 Å². The second-order valence-corrected chi connectivity index (χ2v) is 4.68. The van der Waals surface area contributed by atoms with E-state index < -0.39 is 6.10 Å². The van der Waals surface area contributed by atoms with Crippen molar-refractivity contribution in [2.45, 2.75) is 33.4 Å². The molecule has 1 atom stereocenters. The molecule has 0 aromatic carbocycles. The SMILES string of the molecule is Cc1ncc(C[n+]2cccc(C(C)O)c2C)c(=O)[nH]1. The topological polar surface area (TPSA) is 69.9 Å². The first kappa shape index (κ1) is 13.4. The van der Waals surface area contributed by atoms with Crippen molar-refractivity contribution in [3.8, 4) is 0 Å². The van der Waals surface area contributed by atoms with Gasteiger partial charge in [0.15, 0.2) is 18.4 Å². The third-order valence-corrected chi connectivity index (χ3v) is 3.18. The summed E-state index contributed by atoms with van der Waals surface area (Å²) in [6.45, 7) is 5.84. The van der Waals surface area contributed by atoms with E-state index in [-0.39, 0.29) is 5.56 Å². The third-order valence-electron chi connectivity index (χ3n) is 3.18. The van der Waals surface area contributed by atoms with Crippen LogP contribution in [0.4, 0.5) is 0 Å². The summed E-state index contributed by atoms with van der Waals surface area (Å²) in [5.74, 6) is 0.605. The summed E-state index contributed by atoms with van der Waals surface area (Å²) < 4.78 is 1.93. The maximum atomic E-state index is 11.8. The highest BCUT2D eigenvalue weighted by molar-refractivity contribution is 5.17. The monoisotopic (exact) mass is 260 g/mol. The van der Waals surface area contributed by atoms with Gasteiger partial charge < -0.3 is 10.1 Å². The molecular formula is C14H18N3O2+. The molecule has 2 rings (SSSR count). The zero-order valence-electron chi connectivity index (χ0n) is 11.3. The molecule has 100 valence electrons. The Morgan fingerprint density at radius 1 is 1.47 bits per heavy atom. The van der Waals surface area contributed by atoms with Gasteiger partial charge in [-0.25, -0.2) is 4.98 Å². The zero-order valence-corrected chi connectivity index (χ0v) is 11.3. The lowest BCUT2D eigenvalue weighted by atomic mass is 10.1. The number of aliphatic hydroxyl groups is 1. The zero-order chi connectivity index (χ0) is 14.0. The van der Waals surface area contributed by atoms with Gasteiger partial charge in [0.25, 0.3) is 5.56 Å². The number of pyridine rings is 1. The highest BCUT2D eigenvalue weighted by Crippen LogP contribution is 2.13. The van der Waals surface area contributed by atoms with Crippen LogP contribution in [0.1, 0.15) is 35.7 Å². The Morgan fingerprint density at radius 3 is 2.84 bits per heavy atom. The molecular weight excluding hydrogens is 242 g/mol. The molecule has 0 saturated heterocycles. The summed E-state index contributed by atoms with van der Waals surface area (Å²) in [4.78, 5) is 18.6. The Kier molecular flexibility index (Phi) is 3.76. The molecule has 2 aromatic rings. The molecule has 0 amide bonds. The summed E-state index contributed by atoms with van der Waals surface area (Å²) in [5.41, 5.74) is 2.28. The molecule has 0 spiro atoms. The molecule has 2 N–H and O–H groups in total. The normalized spacial score (nSPS) is 12.4. The van der Waals surface area contributed by atoms with Crippen molar-refractivity contribution >= 4 is 0 Å². The largest absolute Gasteiger partial charge is 0.388 e. The Balaban J connectivity index is 2.39. The highest BCUT2D eigenvalue weighted by Gasteiger charge is 2.16. The molecule has 2 heterocycles. The van der Waals surface area contributed by atoms with Gasteiger partial charge in [-0.3, -0.25) is 4.79 Å². The molecule has 19 heavy (non-hydrogen) atoms. The lowest BCUT2D eigenvalue weighted by molar-refractivity contribution is -0.695. The van der Waals surface area contributed by atoms with E-state index in [0.29, 0.717) is 17.9 Å². The van der Waals surface area contributed by atoms with E-state index in [1.54, 1.807) is 20.0 Å². The van der Waals surface area contributed by atoms with Crippen LogP contribution in [0.2, 0.25) is 0 Å². The van der Waals surface area contributed by atoms with Gasteiger partial charge >= 0.3 is 0 Å². The summed E-state index contributed by atoms with van der Waals surface area (Å²) in [6, 6.07) is 3.75. The standard InChI is InChI=1S/C14H17N3O2/c1-9-13(10(2)18)5-4-6-17(9)8-12-7-15-11(3)16-14(12)19/h4-7,10,18H,8H2,1-3H3/p+1. The van der Waals surface area contributed by atoms with E-state index >= 15 is 0 Å². The van der Waals surface area contributed by atoms with Gasteiger partial charge in [-0.15, -0.1) is 0 Å². The van der Waals surface area contributed by atoms with E-state index in [0.717, 1.165) is 11.3 Å². The first-order valence-corrected chi connectivity index (χ1v) is 6.21. The van der Waals surface area contributed by atoms with Crippen LogP contribution in [-0.2, 0) is 6.54 Å². The molecule has 5 nitrogen and oxygen atoms in total. The smallest absolute Gasteiger partial charge is 0.260 e. The fraction of sp³-hybridized carbons (Fsp3) is 0.357. The number of hydrogen-bond acceptors (Lipinski definition) is 3. The minimum absolute atomic E-state index is 0.123. The van der Waals surface area contributed by atoms with Crippen molar-refractivity contribution < 1.29 is 9.67 Å². The lowest BCUT2D eigenvalue weighted by Gasteiger charge is -2.08. The van der Waals surface area contributed by atoms with Gasteiger partial charge in [-0.1, -0.05) is 0 Å². The number of hydrogen-bond donors (Lipinski definition) is 2. The summed E-state index contributed by atoms with van der Waals surface area (Å²) in [7, 11) is 0. The quantitative estimate of drug-likeness (QED) is 0.801. The van der Waals surface area contributed by atoms with Crippen molar-refractivity contribution in [3.05, 3.63) is 57.5 Å². The van der Waals surface area contributed by atoms with Crippen molar-refractivity contribution in [2.75, 3.05) is 0 Å². The average Bonchev–Trinajstić information content (AvgIpc) is 2.34. The molecule has 0 aliphatic rings. The first-order chi connectivity index (χ1) is 8.99. The minimum atomic E-state index is -0.526. The van der Waals surface area contributed by atoms with E-state index in [2.05, 4.69) is 9.97 Å². The summed E-state index contributed by atoms with van der Waals surface area (Å²) >= 11 is 0. The van der Waals surface area contributed by atoms with Crippen LogP contribution in [-0.4, -0.2) is 15.1 Å². The fourth-order valence-corrected chi connectivity index (χ4v) is 2.07. The number of aromatic nitrogens is 3. The van der Waals surface area contributed by atoms with Gasteiger partial charge in [0, 0.05) is 24.8 Å². The van der Waals surface area contributed by atoms with Gasteiger partial charge in [-0.05, 0) is 19.9 Å². The minimum Gasteiger partial charge on any atom is -0.388 e.